The average molecular weight is 1100 g/mol. The van der Waals surface area contributed by atoms with E-state index in [4.69, 9.17) is 4.98 Å². The lowest BCUT2D eigenvalue weighted by molar-refractivity contribution is 1.26. The molecule has 0 fully saturated rings. The number of hydrogen-bond acceptors (Lipinski definition) is 3. The lowest BCUT2D eigenvalue weighted by Crippen LogP contribution is -1.87. The van der Waals surface area contributed by atoms with Gasteiger partial charge in [0.2, 0.25) is 0 Å². The molecule has 0 aliphatic heterocycles. The number of hydrogen-bond donors (Lipinski definition) is 0. The molecule has 0 saturated heterocycles. The van der Waals surface area contributed by atoms with E-state index in [2.05, 4.69) is 162 Å². The summed E-state index contributed by atoms with van der Waals surface area (Å²) in [7, 11) is 0. The molecule has 0 amide bonds. The quantitative estimate of drug-likeness (QED) is 0.167. The standard InChI is InChI=1S/3C17H13N.C13H10.8C2H6/c1-3-8-14(9-4-1)16-12-7-13-17(18-16)15-10-5-2-6-11-15;1-3-7-14(8-4-1)16-11-17(13-18-12-16)15-9-5-2-6-10-15;1-3-7-14(8-4-1)16-11-12-18-17(13-16)15-9-5-2-6-10-15;1-3-7-12-10(5-1)9-11-6-2-4-8-13(11)12;8*1-2/h3*1-13H;1-8H,9H2;8*1-2H3. The van der Waals surface area contributed by atoms with Gasteiger partial charge in [0.15, 0.2) is 0 Å². The number of rotatable bonds is 6. The normalized spacial score (nSPS) is 9.16. The zero-order valence-electron chi connectivity index (χ0n) is 53.2. The van der Waals surface area contributed by atoms with Gasteiger partial charge in [0, 0.05) is 46.4 Å². The van der Waals surface area contributed by atoms with Crippen LogP contribution in [0.25, 0.3) is 78.3 Å². The summed E-state index contributed by atoms with van der Waals surface area (Å²) in [6.45, 7) is 32.0. The molecule has 3 heterocycles. The second-order valence-corrected chi connectivity index (χ2v) is 16.0. The van der Waals surface area contributed by atoms with Crippen molar-refractivity contribution in [2.75, 3.05) is 0 Å². The zero-order valence-corrected chi connectivity index (χ0v) is 53.2. The van der Waals surface area contributed by atoms with Gasteiger partial charge in [0.1, 0.15) is 0 Å². The van der Waals surface area contributed by atoms with Crippen LogP contribution in [-0.4, -0.2) is 15.0 Å². The van der Waals surface area contributed by atoms with Crippen LogP contribution in [0.2, 0.25) is 0 Å². The number of pyridine rings is 3. The molecule has 3 aromatic heterocycles. The number of fused-ring (bicyclic) bond motifs is 3. The highest BCUT2D eigenvalue weighted by molar-refractivity contribution is 5.77. The molecule has 83 heavy (non-hydrogen) atoms. The van der Waals surface area contributed by atoms with Crippen LogP contribution < -0.4 is 0 Å². The fraction of sp³-hybridized carbons (Fsp3) is 0.212. The van der Waals surface area contributed by atoms with E-state index in [-0.39, 0.29) is 0 Å². The predicted molar refractivity (Wildman–Crippen MR) is 371 cm³/mol. The highest BCUT2D eigenvalue weighted by atomic mass is 14.7. The lowest BCUT2D eigenvalue weighted by atomic mass is 10.0. The number of aromatic nitrogens is 3. The Morgan fingerprint density at radius 2 is 0.518 bits per heavy atom. The van der Waals surface area contributed by atoms with Crippen molar-refractivity contribution in [3.05, 3.63) is 297 Å². The van der Waals surface area contributed by atoms with Crippen LogP contribution in [-0.2, 0) is 6.42 Å². The van der Waals surface area contributed by atoms with Crippen LogP contribution in [0.4, 0.5) is 0 Å². The molecule has 0 atom stereocenters. The van der Waals surface area contributed by atoms with Gasteiger partial charge in [-0.2, -0.15) is 0 Å². The van der Waals surface area contributed by atoms with Crippen LogP contribution in [0.3, 0.4) is 0 Å². The maximum Gasteiger partial charge on any atom is 0.0709 e. The molecule has 0 saturated carbocycles. The minimum atomic E-state index is 1.01. The lowest BCUT2D eigenvalue weighted by Gasteiger charge is -2.05. The van der Waals surface area contributed by atoms with Crippen molar-refractivity contribution >= 4 is 0 Å². The molecule has 0 bridgehead atoms. The molecule has 0 unspecified atom stereocenters. The van der Waals surface area contributed by atoms with E-state index in [9.17, 15) is 0 Å². The van der Waals surface area contributed by atoms with Crippen molar-refractivity contribution in [1.82, 2.24) is 15.0 Å². The van der Waals surface area contributed by atoms with E-state index < -0.39 is 0 Å². The number of benzene rings is 8. The first-order valence-corrected chi connectivity index (χ1v) is 30.6. The van der Waals surface area contributed by atoms with Gasteiger partial charge in [0.05, 0.1) is 17.1 Å². The van der Waals surface area contributed by atoms with Crippen LogP contribution >= 0.6 is 0 Å². The predicted octanol–water partition coefficient (Wildman–Crippen LogP) is 24.7. The Morgan fingerprint density at radius 3 is 0.867 bits per heavy atom. The highest BCUT2D eigenvalue weighted by Gasteiger charge is 2.16. The van der Waals surface area contributed by atoms with E-state index in [0.717, 1.165) is 51.3 Å². The Labute approximate surface area is 504 Å². The van der Waals surface area contributed by atoms with Gasteiger partial charge in [-0.05, 0) is 81.3 Å². The highest BCUT2D eigenvalue weighted by Crippen LogP contribution is 2.36. The summed E-state index contributed by atoms with van der Waals surface area (Å²) >= 11 is 0. The molecule has 11 aromatic rings. The first-order chi connectivity index (χ1) is 41.2. The molecule has 8 aromatic carbocycles. The number of nitrogens with zero attached hydrogens (tertiary/aromatic N) is 3. The molecule has 0 N–H and O–H groups in total. The van der Waals surface area contributed by atoms with Gasteiger partial charge in [-0.1, -0.05) is 347 Å². The van der Waals surface area contributed by atoms with Crippen molar-refractivity contribution in [3.63, 3.8) is 0 Å². The maximum absolute atomic E-state index is 4.71. The molecule has 0 radical (unpaired) electrons. The summed E-state index contributed by atoms with van der Waals surface area (Å²) in [5, 5.41) is 0. The fourth-order valence-corrected chi connectivity index (χ4v) is 8.08. The van der Waals surface area contributed by atoms with E-state index >= 15 is 0 Å². The smallest absolute Gasteiger partial charge is 0.0709 e. The van der Waals surface area contributed by atoms with Gasteiger partial charge in [-0.3, -0.25) is 9.97 Å². The summed E-state index contributed by atoms with van der Waals surface area (Å²) in [6.07, 6.45) is 6.78. The Bertz CT molecular complexity index is 2740. The summed E-state index contributed by atoms with van der Waals surface area (Å²) in [5.74, 6) is 0. The minimum absolute atomic E-state index is 1.01. The van der Waals surface area contributed by atoms with Gasteiger partial charge in [-0.25, -0.2) is 4.98 Å². The molecule has 12 rings (SSSR count). The third-order valence-corrected chi connectivity index (χ3v) is 11.5. The van der Waals surface area contributed by atoms with Gasteiger partial charge in [0.25, 0.3) is 0 Å². The van der Waals surface area contributed by atoms with Crippen LogP contribution in [0, 0.1) is 0 Å². The van der Waals surface area contributed by atoms with E-state index in [1.807, 2.05) is 245 Å². The van der Waals surface area contributed by atoms with Crippen LogP contribution in [0.1, 0.15) is 122 Å². The average Bonchev–Trinajstić information content (AvgIpc) is 4.06. The first kappa shape index (κ1) is 72.2. The van der Waals surface area contributed by atoms with Crippen LogP contribution in [0.5, 0.6) is 0 Å². The monoisotopic (exact) mass is 1100 g/mol. The van der Waals surface area contributed by atoms with Gasteiger partial charge >= 0.3 is 0 Å². The maximum atomic E-state index is 4.71. The van der Waals surface area contributed by atoms with Gasteiger partial charge < -0.3 is 0 Å². The minimum Gasteiger partial charge on any atom is -0.263 e. The second kappa shape index (κ2) is 46.9. The summed E-state index contributed by atoms with van der Waals surface area (Å²) in [4.78, 5) is 13.5. The SMILES string of the molecule is CC.CC.CC.CC.CC.CC.CC.CC.c1ccc(-c2cccc(-c3ccccc3)n2)cc1.c1ccc(-c2ccnc(-c3ccccc3)c2)cc1.c1ccc(-c2cncc(-c3ccccc3)c2)cc1.c1ccc2c(c1)Cc1ccccc1-2. The summed E-state index contributed by atoms with van der Waals surface area (Å²) in [5.41, 5.74) is 19.3. The largest absolute Gasteiger partial charge is 0.263 e. The second-order valence-electron chi connectivity index (χ2n) is 16.0. The van der Waals surface area contributed by atoms with E-state index in [1.165, 1.54) is 44.5 Å². The molecule has 1 aliphatic carbocycles. The topological polar surface area (TPSA) is 38.7 Å². The van der Waals surface area contributed by atoms with Crippen molar-refractivity contribution in [3.8, 4) is 78.3 Å². The Balaban J connectivity index is 0.000000513. The fourth-order valence-electron chi connectivity index (χ4n) is 8.08. The third kappa shape index (κ3) is 24.5. The zero-order chi connectivity index (χ0) is 61.3. The Hall–Kier alpha value is -8.79. The summed E-state index contributed by atoms with van der Waals surface area (Å²) in [6, 6.07) is 91.6. The first-order valence-electron chi connectivity index (χ1n) is 30.6. The van der Waals surface area contributed by atoms with E-state index in [1.54, 1.807) is 0 Å². The summed E-state index contributed by atoms with van der Waals surface area (Å²) < 4.78 is 0. The third-order valence-electron chi connectivity index (χ3n) is 11.5. The van der Waals surface area contributed by atoms with Crippen molar-refractivity contribution in [1.29, 1.82) is 0 Å². The molecule has 1 aliphatic rings. The van der Waals surface area contributed by atoms with E-state index in [0.29, 0.717) is 0 Å². The molecule has 3 nitrogen and oxygen atoms in total. The Kier molecular flexibility index (Phi) is 40.8. The molecular weight excluding hydrogens is 1000 g/mol. The van der Waals surface area contributed by atoms with Gasteiger partial charge in [-0.15, -0.1) is 0 Å². The Morgan fingerprint density at radius 1 is 0.229 bits per heavy atom. The molecule has 0 spiro atoms. The van der Waals surface area contributed by atoms with Crippen molar-refractivity contribution < 1.29 is 0 Å². The molecular formula is C80H97N3. The van der Waals surface area contributed by atoms with Crippen molar-refractivity contribution in [2.45, 2.75) is 117 Å². The molecule has 3 heteroatoms. The van der Waals surface area contributed by atoms with Crippen LogP contribution in [0.15, 0.2) is 286 Å². The molecule has 432 valence electrons. The van der Waals surface area contributed by atoms with Crippen molar-refractivity contribution in [2.24, 2.45) is 0 Å².